The Morgan fingerprint density at radius 1 is 1.41 bits per heavy atom. The first kappa shape index (κ1) is 18.8. The fourth-order valence-corrected chi connectivity index (χ4v) is 2.68. The van der Waals surface area contributed by atoms with Gasteiger partial charge in [0.2, 0.25) is 5.91 Å². The van der Waals surface area contributed by atoms with Crippen molar-refractivity contribution in [3.63, 3.8) is 0 Å². The molecule has 124 valence electrons. The van der Waals surface area contributed by atoms with Crippen molar-refractivity contribution < 1.29 is 13.6 Å². The van der Waals surface area contributed by atoms with Crippen molar-refractivity contribution >= 4 is 18.3 Å². The van der Waals surface area contributed by atoms with E-state index in [0.717, 1.165) is 12.1 Å². The van der Waals surface area contributed by atoms with Crippen LogP contribution in [0.1, 0.15) is 31.7 Å². The molecule has 1 aromatic carbocycles. The zero-order valence-electron chi connectivity index (χ0n) is 13.1. The molecule has 2 unspecified atom stereocenters. The van der Waals surface area contributed by atoms with Crippen LogP contribution in [-0.2, 0) is 4.79 Å². The molecule has 1 aliphatic rings. The maximum absolute atomic E-state index is 13.7. The van der Waals surface area contributed by atoms with E-state index in [-0.39, 0.29) is 35.6 Å². The Hall–Kier alpha value is -1.20. The van der Waals surface area contributed by atoms with E-state index in [1.807, 2.05) is 13.8 Å². The summed E-state index contributed by atoms with van der Waals surface area (Å²) in [4.78, 5) is 14.0. The Bertz CT molecular complexity index is 551. The molecule has 1 fully saturated rings. The van der Waals surface area contributed by atoms with E-state index in [0.29, 0.717) is 25.1 Å². The molecule has 2 N–H and O–H groups in total. The Labute approximate surface area is 136 Å². The van der Waals surface area contributed by atoms with Crippen LogP contribution in [0.3, 0.4) is 0 Å². The standard InChI is InChI=1S/C16H22F2N2O.ClH/c1-16(2,8-19)9-20(3)15(21)13-7-11(13)12-6-10(17)4-5-14(12)18;/h4-6,11,13H,7-9,19H2,1-3H3;1H. The quantitative estimate of drug-likeness (QED) is 0.901. The molecule has 1 aliphatic carbocycles. The lowest BCUT2D eigenvalue weighted by atomic mass is 9.93. The first-order valence-electron chi connectivity index (χ1n) is 7.15. The number of nitrogens with two attached hydrogens (primary N) is 1. The van der Waals surface area contributed by atoms with Gasteiger partial charge in [-0.3, -0.25) is 4.79 Å². The molecule has 2 atom stereocenters. The summed E-state index contributed by atoms with van der Waals surface area (Å²) >= 11 is 0. The number of hydrogen-bond acceptors (Lipinski definition) is 2. The van der Waals surface area contributed by atoms with Gasteiger partial charge in [-0.2, -0.15) is 0 Å². The summed E-state index contributed by atoms with van der Waals surface area (Å²) in [5, 5.41) is 0. The largest absolute Gasteiger partial charge is 0.345 e. The van der Waals surface area contributed by atoms with Gasteiger partial charge in [0.15, 0.2) is 0 Å². The average Bonchev–Trinajstić information content (AvgIpc) is 3.20. The summed E-state index contributed by atoms with van der Waals surface area (Å²) in [7, 11) is 1.73. The molecular weight excluding hydrogens is 310 g/mol. The van der Waals surface area contributed by atoms with Gasteiger partial charge in [-0.1, -0.05) is 13.8 Å². The highest BCUT2D eigenvalue weighted by Gasteiger charge is 2.46. The van der Waals surface area contributed by atoms with Crippen LogP contribution >= 0.6 is 12.4 Å². The number of rotatable bonds is 5. The third-order valence-corrected chi connectivity index (χ3v) is 4.06. The van der Waals surface area contributed by atoms with E-state index >= 15 is 0 Å². The summed E-state index contributed by atoms with van der Waals surface area (Å²) in [5.74, 6) is -1.40. The molecule has 1 saturated carbocycles. The van der Waals surface area contributed by atoms with Gasteiger partial charge in [-0.25, -0.2) is 8.78 Å². The predicted molar refractivity (Wildman–Crippen MR) is 84.9 cm³/mol. The smallest absolute Gasteiger partial charge is 0.226 e. The van der Waals surface area contributed by atoms with Crippen LogP contribution in [0, 0.1) is 23.0 Å². The predicted octanol–water partition coefficient (Wildman–Crippen LogP) is 2.93. The Balaban J connectivity index is 0.00000242. The number of nitrogens with zero attached hydrogens (tertiary/aromatic N) is 1. The second-order valence-electron chi connectivity index (χ2n) is 6.68. The maximum Gasteiger partial charge on any atom is 0.226 e. The van der Waals surface area contributed by atoms with E-state index < -0.39 is 11.6 Å². The van der Waals surface area contributed by atoms with Crippen LogP contribution in [-0.4, -0.2) is 30.9 Å². The van der Waals surface area contributed by atoms with Crippen molar-refractivity contribution in [3.05, 3.63) is 35.4 Å². The highest BCUT2D eigenvalue weighted by molar-refractivity contribution is 5.85. The van der Waals surface area contributed by atoms with Gasteiger partial charge < -0.3 is 10.6 Å². The fraction of sp³-hybridized carbons (Fsp3) is 0.562. The lowest BCUT2D eigenvalue weighted by Gasteiger charge is -2.29. The normalized spacial score (nSPS) is 20.3. The highest BCUT2D eigenvalue weighted by atomic mass is 35.5. The average molecular weight is 333 g/mol. The van der Waals surface area contributed by atoms with E-state index in [2.05, 4.69) is 0 Å². The number of hydrogen-bond donors (Lipinski definition) is 1. The van der Waals surface area contributed by atoms with Gasteiger partial charge in [0.25, 0.3) is 0 Å². The SMILES string of the molecule is CN(CC(C)(C)CN)C(=O)C1CC1c1cc(F)ccc1F.Cl. The second kappa shape index (κ2) is 6.92. The van der Waals surface area contributed by atoms with Gasteiger partial charge in [0.1, 0.15) is 11.6 Å². The lowest BCUT2D eigenvalue weighted by Crippen LogP contribution is -2.40. The minimum Gasteiger partial charge on any atom is -0.345 e. The van der Waals surface area contributed by atoms with E-state index in [9.17, 15) is 13.6 Å². The molecule has 0 aromatic heterocycles. The zero-order chi connectivity index (χ0) is 15.8. The van der Waals surface area contributed by atoms with Crippen LogP contribution in [0.2, 0.25) is 0 Å². The summed E-state index contributed by atoms with van der Waals surface area (Å²) in [6.07, 6.45) is 0.576. The van der Waals surface area contributed by atoms with Crippen molar-refractivity contribution in [2.24, 2.45) is 17.1 Å². The Morgan fingerprint density at radius 3 is 2.64 bits per heavy atom. The molecule has 0 heterocycles. The third kappa shape index (κ3) is 4.17. The van der Waals surface area contributed by atoms with Crippen molar-refractivity contribution in [1.29, 1.82) is 0 Å². The Kier molecular flexibility index (Phi) is 5.93. The minimum absolute atomic E-state index is 0. The third-order valence-electron chi connectivity index (χ3n) is 4.06. The van der Waals surface area contributed by atoms with Gasteiger partial charge in [0, 0.05) is 19.5 Å². The Morgan fingerprint density at radius 2 is 2.05 bits per heavy atom. The topological polar surface area (TPSA) is 46.3 Å². The van der Waals surface area contributed by atoms with Crippen LogP contribution < -0.4 is 5.73 Å². The van der Waals surface area contributed by atoms with E-state index in [4.69, 9.17) is 5.73 Å². The molecule has 1 amide bonds. The molecule has 0 bridgehead atoms. The fourth-order valence-electron chi connectivity index (χ4n) is 2.68. The van der Waals surface area contributed by atoms with Gasteiger partial charge in [0.05, 0.1) is 0 Å². The highest BCUT2D eigenvalue weighted by Crippen LogP contribution is 2.49. The van der Waals surface area contributed by atoms with E-state index in [1.54, 1.807) is 11.9 Å². The number of amides is 1. The maximum atomic E-state index is 13.7. The summed E-state index contributed by atoms with van der Waals surface area (Å²) in [6.45, 7) is 5.02. The van der Waals surface area contributed by atoms with Crippen molar-refractivity contribution in [2.45, 2.75) is 26.2 Å². The van der Waals surface area contributed by atoms with Crippen molar-refractivity contribution in [3.8, 4) is 0 Å². The van der Waals surface area contributed by atoms with Crippen LogP contribution in [0.4, 0.5) is 8.78 Å². The van der Waals surface area contributed by atoms with Crippen LogP contribution in [0.15, 0.2) is 18.2 Å². The van der Waals surface area contributed by atoms with E-state index in [1.165, 1.54) is 6.07 Å². The first-order chi connectivity index (χ1) is 9.75. The number of halogens is 3. The second-order valence-corrected chi connectivity index (χ2v) is 6.68. The summed E-state index contributed by atoms with van der Waals surface area (Å²) in [6, 6.07) is 3.40. The van der Waals surface area contributed by atoms with Crippen molar-refractivity contribution in [2.75, 3.05) is 20.1 Å². The molecule has 3 nitrogen and oxygen atoms in total. The molecule has 1 aromatic rings. The molecule has 2 rings (SSSR count). The number of carbonyl (C=O) groups excluding carboxylic acids is 1. The molecule has 0 aliphatic heterocycles. The lowest BCUT2D eigenvalue weighted by molar-refractivity contribution is -0.132. The van der Waals surface area contributed by atoms with Gasteiger partial charge >= 0.3 is 0 Å². The minimum atomic E-state index is -0.470. The van der Waals surface area contributed by atoms with Crippen molar-refractivity contribution in [1.82, 2.24) is 4.90 Å². The molecule has 0 radical (unpaired) electrons. The first-order valence-corrected chi connectivity index (χ1v) is 7.15. The zero-order valence-corrected chi connectivity index (χ0v) is 13.9. The number of carbonyl (C=O) groups is 1. The monoisotopic (exact) mass is 332 g/mol. The summed E-state index contributed by atoms with van der Waals surface area (Å²) in [5.41, 5.74) is 5.82. The molecule has 0 saturated heterocycles. The van der Waals surface area contributed by atoms with Crippen LogP contribution in [0.25, 0.3) is 0 Å². The molecule has 22 heavy (non-hydrogen) atoms. The molecule has 6 heteroatoms. The van der Waals surface area contributed by atoms with Gasteiger partial charge in [-0.05, 0) is 48.1 Å². The van der Waals surface area contributed by atoms with Gasteiger partial charge in [-0.15, -0.1) is 12.4 Å². The van der Waals surface area contributed by atoms with Crippen LogP contribution in [0.5, 0.6) is 0 Å². The number of benzene rings is 1. The summed E-state index contributed by atoms with van der Waals surface area (Å²) < 4.78 is 26.9. The molecular formula is C16H23ClF2N2O. The molecule has 0 spiro atoms.